The molecular weight excluding hydrogens is 549 g/mol. The maximum atomic E-state index is 15.6. The Morgan fingerprint density at radius 2 is 1.76 bits per heavy atom. The van der Waals surface area contributed by atoms with Gasteiger partial charge in [-0.05, 0) is 64.0 Å². The van der Waals surface area contributed by atoms with E-state index >= 15 is 8.78 Å². The number of aromatic nitrogens is 5. The number of aryl methyl sites for hydroxylation is 1. The maximum Gasteiger partial charge on any atom is 0.434 e. The summed E-state index contributed by atoms with van der Waals surface area (Å²) in [6.45, 7) is 1.37. The van der Waals surface area contributed by atoms with Crippen LogP contribution in [0.5, 0.6) is 0 Å². The van der Waals surface area contributed by atoms with Crippen LogP contribution in [0.1, 0.15) is 28.3 Å². The quantitative estimate of drug-likeness (QED) is 0.203. The van der Waals surface area contributed by atoms with E-state index in [4.69, 9.17) is 11.6 Å². The highest BCUT2D eigenvalue weighted by Gasteiger charge is 2.39. The summed E-state index contributed by atoms with van der Waals surface area (Å²) in [5.41, 5.74) is -1.37. The highest BCUT2D eigenvalue weighted by Crippen LogP contribution is 2.38. The zero-order chi connectivity index (χ0) is 27.9. The lowest BCUT2D eigenvalue weighted by Gasteiger charge is -2.20. The smallest absolute Gasteiger partial charge is 0.301 e. The second-order valence-electron chi connectivity index (χ2n) is 8.62. The molecule has 0 saturated heterocycles. The number of benzene rings is 2. The second kappa shape index (κ2) is 9.99. The number of rotatable bonds is 7. The van der Waals surface area contributed by atoms with Crippen molar-refractivity contribution in [3.05, 3.63) is 99.7 Å². The molecule has 4 aromatic rings. The number of alkyl halides is 5. The van der Waals surface area contributed by atoms with Gasteiger partial charge in [-0.15, -0.1) is 5.10 Å². The standard InChI is InChI=1S/C25H21ClF5N5OS/c1-16-33-22(25(29,30)31)15-35(16)20-11-6-17(5-4-12-38(2,3)37)13-21(20)36-23(14-32-34-36)24(27,28)18-7-9-19(26)10-8-18/h4,6-15H,2,5H2,1,3H3/b12-4+. The van der Waals surface area contributed by atoms with Crippen molar-refractivity contribution in [1.82, 2.24) is 24.5 Å². The summed E-state index contributed by atoms with van der Waals surface area (Å²) in [6.07, 6.45) is 0.296. The van der Waals surface area contributed by atoms with E-state index in [1.165, 1.54) is 55.0 Å². The number of imidazole rings is 1. The van der Waals surface area contributed by atoms with Gasteiger partial charge in [0, 0.05) is 23.0 Å². The number of nitrogens with zero attached hydrogens (tertiary/aromatic N) is 5. The minimum absolute atomic E-state index is 0.0138. The molecule has 0 N–H and O–H groups in total. The zero-order valence-electron chi connectivity index (χ0n) is 20.1. The predicted octanol–water partition coefficient (Wildman–Crippen LogP) is 5.98. The molecule has 0 aliphatic rings. The van der Waals surface area contributed by atoms with Gasteiger partial charge in [-0.3, -0.25) is 4.21 Å². The van der Waals surface area contributed by atoms with Gasteiger partial charge in [0.15, 0.2) is 5.69 Å². The van der Waals surface area contributed by atoms with Crippen molar-refractivity contribution in [2.45, 2.75) is 25.4 Å². The number of halogens is 6. The van der Waals surface area contributed by atoms with Crippen molar-refractivity contribution in [2.24, 2.45) is 0 Å². The highest BCUT2D eigenvalue weighted by atomic mass is 35.5. The fourth-order valence-corrected chi connectivity index (χ4v) is 4.37. The largest absolute Gasteiger partial charge is 0.434 e. The maximum absolute atomic E-state index is 15.6. The van der Waals surface area contributed by atoms with Crippen molar-refractivity contribution in [3.8, 4) is 11.4 Å². The second-order valence-corrected chi connectivity index (χ2v) is 11.5. The first-order valence-corrected chi connectivity index (χ1v) is 13.5. The topological polar surface area (TPSA) is 65.6 Å². The Labute approximate surface area is 220 Å². The SMILES string of the molecule is C=S(C)(=O)/C=C/Cc1ccc(-n2cc(C(F)(F)F)nc2C)c(-n2nncc2C(F)(F)c2ccc(Cl)cc2)c1. The van der Waals surface area contributed by atoms with Gasteiger partial charge < -0.3 is 4.57 Å². The molecule has 2 aromatic heterocycles. The van der Waals surface area contributed by atoms with Gasteiger partial charge in [0.1, 0.15) is 11.5 Å². The Hall–Kier alpha value is -3.51. The van der Waals surface area contributed by atoms with E-state index in [2.05, 4.69) is 21.2 Å². The molecule has 0 bridgehead atoms. The van der Waals surface area contributed by atoms with Crippen molar-refractivity contribution in [1.29, 1.82) is 0 Å². The summed E-state index contributed by atoms with van der Waals surface area (Å²) >= 11 is 5.85. The zero-order valence-corrected chi connectivity index (χ0v) is 21.7. The average Bonchev–Trinajstić information content (AvgIpc) is 3.46. The van der Waals surface area contributed by atoms with Crippen LogP contribution < -0.4 is 0 Å². The van der Waals surface area contributed by atoms with Crippen molar-refractivity contribution < 1.29 is 26.2 Å². The third kappa shape index (κ3) is 5.81. The fourth-order valence-electron chi connectivity index (χ4n) is 3.74. The van der Waals surface area contributed by atoms with E-state index in [1.807, 2.05) is 0 Å². The van der Waals surface area contributed by atoms with Gasteiger partial charge in [0.25, 0.3) is 0 Å². The normalized spacial score (nSPS) is 14.2. The summed E-state index contributed by atoms with van der Waals surface area (Å²) in [5, 5.41) is 9.24. The molecular formula is C25H21ClF5N5OS. The van der Waals surface area contributed by atoms with Crippen LogP contribution in [0, 0.1) is 6.92 Å². The summed E-state index contributed by atoms with van der Waals surface area (Å²) in [4.78, 5) is 3.59. The lowest BCUT2D eigenvalue weighted by atomic mass is 10.1. The number of hydrogen-bond acceptors (Lipinski definition) is 4. The lowest BCUT2D eigenvalue weighted by molar-refractivity contribution is -0.141. The van der Waals surface area contributed by atoms with Gasteiger partial charge in [0.2, 0.25) is 0 Å². The third-order valence-corrected chi connectivity index (χ3v) is 6.54. The molecule has 2 heterocycles. The molecule has 13 heteroatoms. The fraction of sp³-hybridized carbons (Fsp3) is 0.200. The van der Waals surface area contributed by atoms with Crippen LogP contribution in [0.25, 0.3) is 11.4 Å². The summed E-state index contributed by atoms with van der Waals surface area (Å²) in [6, 6.07) is 9.56. The van der Waals surface area contributed by atoms with Crippen LogP contribution in [0.2, 0.25) is 5.02 Å². The third-order valence-electron chi connectivity index (χ3n) is 5.52. The minimum atomic E-state index is -4.71. The Morgan fingerprint density at radius 1 is 1.08 bits per heavy atom. The van der Waals surface area contributed by atoms with Crippen LogP contribution >= 0.6 is 11.6 Å². The van der Waals surface area contributed by atoms with Gasteiger partial charge >= 0.3 is 12.1 Å². The average molecular weight is 570 g/mol. The molecule has 1 unspecified atom stereocenters. The van der Waals surface area contributed by atoms with E-state index in [9.17, 15) is 17.4 Å². The molecule has 0 aliphatic carbocycles. The molecule has 2 aromatic carbocycles. The molecule has 0 spiro atoms. The molecule has 0 aliphatic heterocycles. The van der Waals surface area contributed by atoms with Crippen LogP contribution in [0.15, 0.2) is 66.3 Å². The minimum Gasteiger partial charge on any atom is -0.301 e. The van der Waals surface area contributed by atoms with E-state index in [0.717, 1.165) is 21.6 Å². The molecule has 38 heavy (non-hydrogen) atoms. The van der Waals surface area contributed by atoms with E-state index < -0.39 is 33.0 Å². The number of allylic oxidation sites excluding steroid dienone is 1. The Balaban J connectivity index is 1.90. The number of hydrogen-bond donors (Lipinski definition) is 0. The van der Waals surface area contributed by atoms with Gasteiger partial charge in [-0.1, -0.05) is 41.1 Å². The monoisotopic (exact) mass is 569 g/mol. The van der Waals surface area contributed by atoms with Gasteiger partial charge in [0.05, 0.1) is 17.6 Å². The molecule has 1 atom stereocenters. The summed E-state index contributed by atoms with van der Waals surface area (Å²) in [7, 11) is -2.41. The summed E-state index contributed by atoms with van der Waals surface area (Å²) in [5.74, 6) is -0.0501. The Bertz CT molecular complexity index is 1610. The first kappa shape index (κ1) is 27.5. The lowest BCUT2D eigenvalue weighted by Crippen LogP contribution is -2.21. The van der Waals surface area contributed by atoms with Crippen molar-refractivity contribution >= 4 is 27.0 Å². The molecule has 0 saturated carbocycles. The molecule has 200 valence electrons. The highest BCUT2D eigenvalue weighted by molar-refractivity contribution is 8.02. The first-order chi connectivity index (χ1) is 17.7. The van der Waals surface area contributed by atoms with Crippen LogP contribution in [0.3, 0.4) is 0 Å². The van der Waals surface area contributed by atoms with Crippen molar-refractivity contribution in [2.75, 3.05) is 6.26 Å². The van der Waals surface area contributed by atoms with Gasteiger partial charge in [-0.25, -0.2) is 9.67 Å². The van der Waals surface area contributed by atoms with Crippen LogP contribution in [-0.4, -0.2) is 40.9 Å². The molecule has 0 radical (unpaired) electrons. The molecule has 0 amide bonds. The molecule has 0 fully saturated rings. The van der Waals surface area contributed by atoms with E-state index in [1.54, 1.807) is 12.1 Å². The van der Waals surface area contributed by atoms with E-state index in [0.29, 0.717) is 5.56 Å². The Kier molecular flexibility index (Phi) is 7.23. The predicted molar refractivity (Wildman–Crippen MR) is 137 cm³/mol. The van der Waals surface area contributed by atoms with Crippen molar-refractivity contribution in [3.63, 3.8) is 0 Å². The molecule has 4 rings (SSSR count). The van der Waals surface area contributed by atoms with Crippen LogP contribution in [-0.2, 0) is 28.0 Å². The van der Waals surface area contributed by atoms with Crippen LogP contribution in [0.4, 0.5) is 22.0 Å². The van der Waals surface area contributed by atoms with Gasteiger partial charge in [-0.2, -0.15) is 22.0 Å². The summed E-state index contributed by atoms with van der Waals surface area (Å²) < 4.78 is 85.3. The Morgan fingerprint density at radius 3 is 2.37 bits per heavy atom. The van der Waals surface area contributed by atoms with E-state index in [-0.39, 0.29) is 34.2 Å². The first-order valence-electron chi connectivity index (χ1n) is 11.0. The molecule has 6 nitrogen and oxygen atoms in total.